The van der Waals surface area contributed by atoms with E-state index in [0.717, 1.165) is 5.69 Å². The molecule has 8 heteroatoms. The van der Waals surface area contributed by atoms with Gasteiger partial charge in [-0.05, 0) is 24.3 Å². The Morgan fingerprint density at radius 3 is 2.50 bits per heavy atom. The maximum Gasteiger partial charge on any atom is 0.272 e. The first-order chi connectivity index (χ1) is 14.6. The van der Waals surface area contributed by atoms with Crippen LogP contribution in [0, 0.1) is 5.92 Å². The molecule has 0 N–H and O–H groups in total. The maximum atomic E-state index is 13.0. The third-order valence-corrected chi connectivity index (χ3v) is 5.60. The van der Waals surface area contributed by atoms with Crippen molar-refractivity contribution in [3.8, 4) is 5.75 Å². The standard InChI is InChI=1S/C22H24N4O4/c1-30-18-6-4-5-17(14-18)26-15-16(13-20(26)27)21(28)24-9-11-25(12-10-24)22(29)19-7-2-3-8-23-19/h2-8,14,16H,9-13,15H2,1H3/t16-/m0/s1. The number of methoxy groups -OCH3 is 1. The third-order valence-electron chi connectivity index (χ3n) is 5.60. The summed E-state index contributed by atoms with van der Waals surface area (Å²) in [5, 5.41) is 0. The van der Waals surface area contributed by atoms with Gasteiger partial charge in [-0.25, -0.2) is 0 Å². The van der Waals surface area contributed by atoms with E-state index >= 15 is 0 Å². The van der Waals surface area contributed by atoms with Crippen molar-refractivity contribution in [2.24, 2.45) is 5.92 Å². The molecule has 2 aliphatic rings. The topological polar surface area (TPSA) is 83.1 Å². The van der Waals surface area contributed by atoms with Gasteiger partial charge in [0.15, 0.2) is 0 Å². The zero-order valence-electron chi connectivity index (χ0n) is 16.9. The van der Waals surface area contributed by atoms with Crippen molar-refractivity contribution in [2.75, 3.05) is 44.7 Å². The number of carbonyl (C=O) groups excluding carboxylic acids is 3. The Labute approximate surface area is 175 Å². The molecule has 2 fully saturated rings. The van der Waals surface area contributed by atoms with Gasteiger partial charge in [0.25, 0.3) is 5.91 Å². The molecule has 0 aliphatic carbocycles. The highest BCUT2D eigenvalue weighted by molar-refractivity contribution is 6.00. The number of benzene rings is 1. The predicted octanol–water partition coefficient (Wildman–Crippen LogP) is 1.43. The van der Waals surface area contributed by atoms with Crippen molar-refractivity contribution in [3.63, 3.8) is 0 Å². The average molecular weight is 408 g/mol. The first-order valence-corrected chi connectivity index (χ1v) is 10.0. The van der Waals surface area contributed by atoms with Crippen LogP contribution < -0.4 is 9.64 Å². The molecule has 3 heterocycles. The first kappa shape index (κ1) is 19.9. The number of rotatable bonds is 4. The van der Waals surface area contributed by atoms with Gasteiger partial charge >= 0.3 is 0 Å². The Balaban J connectivity index is 1.35. The summed E-state index contributed by atoms with van der Waals surface area (Å²) >= 11 is 0. The molecule has 8 nitrogen and oxygen atoms in total. The van der Waals surface area contributed by atoms with Crippen LogP contribution >= 0.6 is 0 Å². The SMILES string of the molecule is COc1cccc(N2C[C@@H](C(=O)N3CCN(C(=O)c4ccccn4)CC3)CC2=O)c1. The van der Waals surface area contributed by atoms with Gasteiger partial charge in [0.05, 0.1) is 13.0 Å². The minimum absolute atomic E-state index is 0.0290. The number of pyridine rings is 1. The zero-order chi connectivity index (χ0) is 21.1. The van der Waals surface area contributed by atoms with Crippen LogP contribution in [0.3, 0.4) is 0 Å². The first-order valence-electron chi connectivity index (χ1n) is 10.0. The molecule has 0 spiro atoms. The van der Waals surface area contributed by atoms with E-state index in [4.69, 9.17) is 4.74 Å². The normalized spacial score (nSPS) is 19.2. The lowest BCUT2D eigenvalue weighted by Crippen LogP contribution is -2.52. The van der Waals surface area contributed by atoms with Crippen LogP contribution in [0.15, 0.2) is 48.7 Å². The van der Waals surface area contributed by atoms with Gasteiger partial charge in [-0.3, -0.25) is 19.4 Å². The van der Waals surface area contributed by atoms with E-state index < -0.39 is 0 Å². The number of ether oxygens (including phenoxy) is 1. The number of carbonyl (C=O) groups is 3. The van der Waals surface area contributed by atoms with Gasteiger partial charge in [0.1, 0.15) is 11.4 Å². The van der Waals surface area contributed by atoms with Crippen molar-refractivity contribution >= 4 is 23.4 Å². The van der Waals surface area contributed by atoms with Crippen molar-refractivity contribution in [1.82, 2.24) is 14.8 Å². The summed E-state index contributed by atoms with van der Waals surface area (Å²) in [6, 6.07) is 12.5. The minimum atomic E-state index is -0.373. The largest absolute Gasteiger partial charge is 0.497 e. The van der Waals surface area contributed by atoms with E-state index in [0.29, 0.717) is 44.2 Å². The molecule has 0 saturated carbocycles. The van der Waals surface area contributed by atoms with Crippen LogP contribution in [0.2, 0.25) is 0 Å². The smallest absolute Gasteiger partial charge is 0.272 e. The number of hydrogen-bond donors (Lipinski definition) is 0. The minimum Gasteiger partial charge on any atom is -0.497 e. The van der Waals surface area contributed by atoms with Crippen LogP contribution in [0.5, 0.6) is 5.75 Å². The second-order valence-corrected chi connectivity index (χ2v) is 7.44. The monoisotopic (exact) mass is 408 g/mol. The summed E-state index contributed by atoms with van der Waals surface area (Å²) in [6.45, 7) is 2.20. The highest BCUT2D eigenvalue weighted by atomic mass is 16.5. The van der Waals surface area contributed by atoms with E-state index in [9.17, 15) is 14.4 Å². The van der Waals surface area contributed by atoms with Gasteiger partial charge in [-0.2, -0.15) is 0 Å². The number of amides is 3. The lowest BCUT2D eigenvalue weighted by Gasteiger charge is -2.35. The fourth-order valence-electron chi connectivity index (χ4n) is 3.94. The highest BCUT2D eigenvalue weighted by Gasteiger charge is 2.38. The summed E-state index contributed by atoms with van der Waals surface area (Å²) in [7, 11) is 1.58. The fraction of sp³-hybridized carbons (Fsp3) is 0.364. The lowest BCUT2D eigenvalue weighted by molar-refractivity contribution is -0.137. The van der Waals surface area contributed by atoms with Gasteiger partial charge < -0.3 is 19.4 Å². The molecule has 2 aromatic rings. The number of piperazine rings is 1. The van der Waals surface area contributed by atoms with Crippen molar-refractivity contribution in [3.05, 3.63) is 54.4 Å². The molecule has 4 rings (SSSR count). The molecule has 3 amide bonds. The lowest BCUT2D eigenvalue weighted by atomic mass is 10.1. The molecule has 156 valence electrons. The van der Waals surface area contributed by atoms with E-state index in [1.165, 1.54) is 0 Å². The van der Waals surface area contributed by atoms with Crippen molar-refractivity contribution < 1.29 is 19.1 Å². The Bertz CT molecular complexity index is 941. The molecule has 0 bridgehead atoms. The molecule has 1 atom stereocenters. The Morgan fingerprint density at radius 1 is 1.03 bits per heavy atom. The molecule has 30 heavy (non-hydrogen) atoms. The number of hydrogen-bond acceptors (Lipinski definition) is 5. The van der Waals surface area contributed by atoms with E-state index in [1.807, 2.05) is 18.2 Å². The van der Waals surface area contributed by atoms with Gasteiger partial charge in [0, 0.05) is 57.1 Å². The molecular weight excluding hydrogens is 384 g/mol. The molecule has 0 radical (unpaired) electrons. The zero-order valence-corrected chi connectivity index (χ0v) is 16.9. The molecule has 0 unspecified atom stereocenters. The van der Waals surface area contributed by atoms with E-state index in [1.54, 1.807) is 52.3 Å². The Kier molecular flexibility index (Phi) is 5.65. The molecule has 1 aromatic heterocycles. The summed E-state index contributed by atoms with van der Waals surface area (Å²) in [5.74, 6) is 0.0812. The number of aromatic nitrogens is 1. The number of nitrogens with zero attached hydrogens (tertiary/aromatic N) is 4. The molecule has 2 aliphatic heterocycles. The van der Waals surface area contributed by atoms with E-state index in [2.05, 4.69) is 4.98 Å². The van der Waals surface area contributed by atoms with Gasteiger partial charge in [0.2, 0.25) is 11.8 Å². The Morgan fingerprint density at radius 2 is 1.80 bits per heavy atom. The number of anilines is 1. The summed E-state index contributed by atoms with van der Waals surface area (Å²) < 4.78 is 5.23. The summed E-state index contributed by atoms with van der Waals surface area (Å²) in [6.07, 6.45) is 1.79. The molecule has 1 aromatic carbocycles. The maximum absolute atomic E-state index is 13.0. The van der Waals surface area contributed by atoms with Crippen LogP contribution in [0.25, 0.3) is 0 Å². The van der Waals surface area contributed by atoms with Crippen LogP contribution in [0.4, 0.5) is 5.69 Å². The quantitative estimate of drug-likeness (QED) is 0.764. The highest BCUT2D eigenvalue weighted by Crippen LogP contribution is 2.29. The van der Waals surface area contributed by atoms with Gasteiger partial charge in [-0.1, -0.05) is 12.1 Å². The second kappa shape index (κ2) is 8.52. The van der Waals surface area contributed by atoms with Crippen LogP contribution in [-0.2, 0) is 9.59 Å². The van der Waals surface area contributed by atoms with Crippen molar-refractivity contribution in [2.45, 2.75) is 6.42 Å². The molecular formula is C22H24N4O4. The van der Waals surface area contributed by atoms with Crippen LogP contribution in [-0.4, -0.2) is 72.3 Å². The van der Waals surface area contributed by atoms with E-state index in [-0.39, 0.29) is 30.1 Å². The Hall–Kier alpha value is -3.42. The second-order valence-electron chi connectivity index (χ2n) is 7.44. The third kappa shape index (κ3) is 3.98. The summed E-state index contributed by atoms with van der Waals surface area (Å²) in [4.78, 5) is 47.3. The molecule has 2 saturated heterocycles. The van der Waals surface area contributed by atoms with Crippen molar-refractivity contribution in [1.29, 1.82) is 0 Å². The fourth-order valence-corrected chi connectivity index (χ4v) is 3.94. The predicted molar refractivity (Wildman–Crippen MR) is 110 cm³/mol. The summed E-state index contributed by atoms with van der Waals surface area (Å²) in [5.41, 5.74) is 1.15. The average Bonchev–Trinajstić information content (AvgIpc) is 3.20. The van der Waals surface area contributed by atoms with Crippen LogP contribution in [0.1, 0.15) is 16.9 Å². The van der Waals surface area contributed by atoms with Gasteiger partial charge in [-0.15, -0.1) is 0 Å².